The number of esters is 1. The van der Waals surface area contributed by atoms with Crippen molar-refractivity contribution in [3.63, 3.8) is 0 Å². The van der Waals surface area contributed by atoms with Gasteiger partial charge in [-0.05, 0) is 42.5 Å². The van der Waals surface area contributed by atoms with Gasteiger partial charge in [-0.2, -0.15) is 0 Å². The number of anilines is 1. The van der Waals surface area contributed by atoms with Crippen LogP contribution in [0, 0.1) is 0 Å². The minimum absolute atomic E-state index is 0.0930. The molecule has 2 rings (SSSR count). The molecule has 9 heteroatoms. The molecule has 0 aliphatic carbocycles. The van der Waals surface area contributed by atoms with Crippen LogP contribution in [-0.2, 0) is 19.6 Å². The van der Waals surface area contributed by atoms with Gasteiger partial charge in [0.15, 0.2) is 0 Å². The Balaban J connectivity index is 2.24. The van der Waals surface area contributed by atoms with Crippen molar-refractivity contribution in [3.05, 3.63) is 46.9 Å². The van der Waals surface area contributed by atoms with Crippen LogP contribution in [0.3, 0.4) is 0 Å². The molecule has 0 atom stereocenters. The fourth-order valence-corrected chi connectivity index (χ4v) is 4.09. The summed E-state index contributed by atoms with van der Waals surface area (Å²) >= 11 is 4.47. The van der Waals surface area contributed by atoms with Crippen LogP contribution < -0.4 is 9.46 Å². The first-order chi connectivity index (χ1) is 11.9. The van der Waals surface area contributed by atoms with Gasteiger partial charge < -0.3 is 9.47 Å². The Kier molecular flexibility index (Phi) is 6.74. The largest absolute Gasteiger partial charge is 0.496 e. The number of methoxy groups -OCH3 is 2. The molecule has 0 saturated carbocycles. The minimum atomic E-state index is -3.71. The molecule has 2 aromatic rings. The second-order valence-corrected chi connectivity index (χ2v) is 8.41. The van der Waals surface area contributed by atoms with Crippen LogP contribution in [0.2, 0.25) is 0 Å². The molecule has 0 heterocycles. The number of sulfonamides is 1. The van der Waals surface area contributed by atoms with Crippen LogP contribution in [0.5, 0.6) is 5.75 Å². The summed E-state index contributed by atoms with van der Waals surface area (Å²) in [6, 6.07) is 11.2. The van der Waals surface area contributed by atoms with Crippen molar-refractivity contribution >= 4 is 49.4 Å². The quantitative estimate of drug-likeness (QED) is 0.518. The molecule has 0 spiro atoms. The van der Waals surface area contributed by atoms with E-state index in [0.717, 1.165) is 4.47 Å². The third-order valence-corrected chi connectivity index (χ3v) is 6.05. The van der Waals surface area contributed by atoms with E-state index in [-0.39, 0.29) is 16.6 Å². The van der Waals surface area contributed by atoms with E-state index in [2.05, 4.69) is 25.4 Å². The van der Waals surface area contributed by atoms with E-state index in [1.165, 1.54) is 38.1 Å². The summed E-state index contributed by atoms with van der Waals surface area (Å²) in [4.78, 5) is 12.1. The number of ether oxygens (including phenoxy) is 2. The average Bonchev–Trinajstić information content (AvgIpc) is 2.59. The summed E-state index contributed by atoms with van der Waals surface area (Å²) in [5, 5.41) is 0. The highest BCUT2D eigenvalue weighted by Gasteiger charge is 2.16. The Hall–Kier alpha value is -1.71. The van der Waals surface area contributed by atoms with E-state index in [1.54, 1.807) is 30.3 Å². The van der Waals surface area contributed by atoms with E-state index in [4.69, 9.17) is 4.74 Å². The maximum atomic E-state index is 12.5. The first-order valence-electron chi connectivity index (χ1n) is 7.02. The molecule has 0 unspecified atom stereocenters. The van der Waals surface area contributed by atoms with Gasteiger partial charge in [0.1, 0.15) is 5.75 Å². The summed E-state index contributed by atoms with van der Waals surface area (Å²) in [5.74, 6) is 0.254. The molecule has 0 saturated heterocycles. The van der Waals surface area contributed by atoms with Crippen molar-refractivity contribution in [2.45, 2.75) is 9.79 Å². The highest BCUT2D eigenvalue weighted by atomic mass is 79.9. The third kappa shape index (κ3) is 5.38. The standard InChI is InChI=1S/C16H16BrNO5S2/c1-22-14-8-5-12(9-15(14)24-10-16(19)23-2)18-25(20,21)13-6-3-11(17)4-7-13/h3-9,18H,10H2,1-2H3. The smallest absolute Gasteiger partial charge is 0.315 e. The number of carbonyl (C=O) groups excluding carboxylic acids is 1. The molecule has 0 aromatic heterocycles. The molecule has 0 fully saturated rings. The number of carbonyl (C=O) groups is 1. The number of thioether (sulfide) groups is 1. The Morgan fingerprint density at radius 2 is 1.84 bits per heavy atom. The number of benzene rings is 2. The monoisotopic (exact) mass is 445 g/mol. The minimum Gasteiger partial charge on any atom is -0.496 e. The van der Waals surface area contributed by atoms with Crippen molar-refractivity contribution < 1.29 is 22.7 Å². The maximum absolute atomic E-state index is 12.5. The SMILES string of the molecule is COC(=O)CSc1cc(NS(=O)(=O)c2ccc(Br)cc2)ccc1OC. The number of hydrogen-bond donors (Lipinski definition) is 1. The molecular weight excluding hydrogens is 430 g/mol. The number of rotatable bonds is 7. The molecule has 25 heavy (non-hydrogen) atoms. The van der Waals surface area contributed by atoms with Crippen LogP contribution in [0.1, 0.15) is 0 Å². The lowest BCUT2D eigenvalue weighted by Gasteiger charge is -2.12. The van der Waals surface area contributed by atoms with E-state index in [1.807, 2.05) is 0 Å². The second kappa shape index (κ2) is 8.59. The van der Waals surface area contributed by atoms with Gasteiger partial charge in [-0.25, -0.2) is 8.42 Å². The molecule has 6 nitrogen and oxygen atoms in total. The molecular formula is C16H16BrNO5S2. The van der Waals surface area contributed by atoms with Crippen molar-refractivity contribution in [1.29, 1.82) is 0 Å². The lowest BCUT2D eigenvalue weighted by atomic mass is 10.3. The highest BCUT2D eigenvalue weighted by Crippen LogP contribution is 2.32. The van der Waals surface area contributed by atoms with E-state index in [0.29, 0.717) is 16.3 Å². The van der Waals surface area contributed by atoms with Crippen LogP contribution >= 0.6 is 27.7 Å². The highest BCUT2D eigenvalue weighted by molar-refractivity contribution is 9.10. The first kappa shape index (κ1) is 19.6. The molecule has 0 amide bonds. The maximum Gasteiger partial charge on any atom is 0.315 e. The molecule has 0 radical (unpaired) electrons. The van der Waals surface area contributed by atoms with Gasteiger partial charge in [0.05, 0.1) is 35.5 Å². The normalized spacial score (nSPS) is 11.0. The van der Waals surface area contributed by atoms with Crippen LogP contribution in [0.15, 0.2) is 56.7 Å². The van der Waals surface area contributed by atoms with E-state index in [9.17, 15) is 13.2 Å². The zero-order valence-corrected chi connectivity index (χ0v) is 16.7. The lowest BCUT2D eigenvalue weighted by molar-refractivity contribution is -0.137. The number of halogens is 1. The molecule has 0 aliphatic heterocycles. The van der Waals surface area contributed by atoms with Gasteiger partial charge in [-0.1, -0.05) is 15.9 Å². The predicted octanol–water partition coefficient (Wildman–Crippen LogP) is 3.52. The Morgan fingerprint density at radius 3 is 2.44 bits per heavy atom. The zero-order valence-electron chi connectivity index (χ0n) is 13.5. The third-order valence-electron chi connectivity index (χ3n) is 3.11. The van der Waals surface area contributed by atoms with Crippen molar-refractivity contribution in [1.82, 2.24) is 0 Å². The fourth-order valence-electron chi connectivity index (χ4n) is 1.88. The van der Waals surface area contributed by atoms with Gasteiger partial charge in [0.25, 0.3) is 10.0 Å². The van der Waals surface area contributed by atoms with Crippen LogP contribution in [0.25, 0.3) is 0 Å². The van der Waals surface area contributed by atoms with Crippen molar-refractivity contribution in [2.75, 3.05) is 24.7 Å². The Labute approximate surface area is 159 Å². The zero-order chi connectivity index (χ0) is 18.4. The molecule has 1 N–H and O–H groups in total. The first-order valence-corrected chi connectivity index (χ1v) is 10.3. The Bertz CT molecular complexity index is 853. The van der Waals surface area contributed by atoms with Gasteiger partial charge in [-0.15, -0.1) is 11.8 Å². The van der Waals surface area contributed by atoms with Gasteiger partial charge in [0, 0.05) is 4.47 Å². The number of nitrogens with one attached hydrogen (secondary N) is 1. The van der Waals surface area contributed by atoms with Crippen LogP contribution in [0.4, 0.5) is 5.69 Å². The predicted molar refractivity (Wildman–Crippen MR) is 101 cm³/mol. The van der Waals surface area contributed by atoms with Gasteiger partial charge in [-0.3, -0.25) is 9.52 Å². The summed E-state index contributed by atoms with van der Waals surface area (Å²) < 4.78 is 38.1. The topological polar surface area (TPSA) is 81.7 Å². The Morgan fingerprint density at radius 1 is 1.16 bits per heavy atom. The van der Waals surface area contributed by atoms with E-state index >= 15 is 0 Å². The molecule has 0 bridgehead atoms. The fraction of sp³-hybridized carbons (Fsp3) is 0.188. The summed E-state index contributed by atoms with van der Waals surface area (Å²) in [7, 11) is -0.903. The average molecular weight is 446 g/mol. The summed E-state index contributed by atoms with van der Waals surface area (Å²) in [6.07, 6.45) is 0. The lowest BCUT2D eigenvalue weighted by Crippen LogP contribution is -2.13. The molecule has 0 aliphatic rings. The van der Waals surface area contributed by atoms with E-state index < -0.39 is 10.0 Å². The van der Waals surface area contributed by atoms with Crippen LogP contribution in [-0.4, -0.2) is 34.4 Å². The van der Waals surface area contributed by atoms with Crippen molar-refractivity contribution in [2.24, 2.45) is 0 Å². The second-order valence-electron chi connectivity index (χ2n) is 4.79. The van der Waals surface area contributed by atoms with Gasteiger partial charge in [0.2, 0.25) is 0 Å². The molecule has 134 valence electrons. The van der Waals surface area contributed by atoms with Gasteiger partial charge >= 0.3 is 5.97 Å². The summed E-state index contributed by atoms with van der Waals surface area (Å²) in [6.45, 7) is 0. The van der Waals surface area contributed by atoms with Crippen molar-refractivity contribution in [3.8, 4) is 5.75 Å². The molecule has 2 aromatic carbocycles. The summed E-state index contributed by atoms with van der Waals surface area (Å²) in [5.41, 5.74) is 0.371. The number of hydrogen-bond acceptors (Lipinski definition) is 6.